The summed E-state index contributed by atoms with van der Waals surface area (Å²) in [6.07, 6.45) is 1.85. The standard InChI is InChI=1S/C10H9BF3O/c12-11(13,14)6-4-8-2-1-3-9-5-7-15-10(8)9/h1-4,6H,5,7H2/q-1/b6-4+. The molecule has 1 aromatic rings. The molecule has 0 radical (unpaired) electrons. The summed E-state index contributed by atoms with van der Waals surface area (Å²) in [5.41, 5.74) is 1.48. The molecule has 0 aliphatic carbocycles. The number of para-hydroxylation sites is 1. The molecule has 1 nitrogen and oxygen atoms in total. The second kappa shape index (κ2) is 3.64. The quantitative estimate of drug-likeness (QED) is 0.686. The maximum atomic E-state index is 12.0. The average Bonchev–Trinajstić information content (AvgIpc) is 2.61. The lowest BCUT2D eigenvalue weighted by atomic mass is 9.90. The number of rotatable bonds is 2. The maximum Gasteiger partial charge on any atom is 0.502 e. The second-order valence-corrected chi connectivity index (χ2v) is 3.42. The van der Waals surface area contributed by atoms with Crippen LogP contribution in [0, 0.1) is 0 Å². The van der Waals surface area contributed by atoms with Gasteiger partial charge in [0.2, 0.25) is 0 Å². The van der Waals surface area contributed by atoms with Gasteiger partial charge in [-0.2, -0.15) is 0 Å². The highest BCUT2D eigenvalue weighted by Crippen LogP contribution is 2.30. The number of ether oxygens (including phenoxy) is 1. The third kappa shape index (κ3) is 2.35. The van der Waals surface area contributed by atoms with Crippen LogP contribution >= 0.6 is 0 Å². The molecule has 0 bridgehead atoms. The zero-order valence-corrected chi connectivity index (χ0v) is 7.92. The Morgan fingerprint density at radius 2 is 2.07 bits per heavy atom. The lowest BCUT2D eigenvalue weighted by molar-refractivity contribution is 0.356. The van der Waals surface area contributed by atoms with Crippen molar-refractivity contribution in [2.75, 3.05) is 6.61 Å². The van der Waals surface area contributed by atoms with Crippen LogP contribution < -0.4 is 4.74 Å². The molecule has 1 aliphatic heterocycles. The normalized spacial score (nSPS) is 15.4. The van der Waals surface area contributed by atoms with Gasteiger partial charge in [-0.05, 0) is 5.56 Å². The molecule has 80 valence electrons. The van der Waals surface area contributed by atoms with Gasteiger partial charge in [0.15, 0.2) is 0 Å². The number of hydrogen-bond acceptors (Lipinski definition) is 1. The van der Waals surface area contributed by atoms with Crippen molar-refractivity contribution in [3.05, 3.63) is 35.3 Å². The van der Waals surface area contributed by atoms with Gasteiger partial charge >= 0.3 is 6.98 Å². The molecule has 0 fully saturated rings. The van der Waals surface area contributed by atoms with Gasteiger partial charge in [-0.15, -0.1) is 5.98 Å². The van der Waals surface area contributed by atoms with Gasteiger partial charge in [-0.25, -0.2) is 0 Å². The third-order valence-corrected chi connectivity index (χ3v) is 2.24. The molecule has 0 amide bonds. The Bertz CT molecular complexity index is 398. The van der Waals surface area contributed by atoms with E-state index in [2.05, 4.69) is 0 Å². The van der Waals surface area contributed by atoms with Crippen LogP contribution in [0.4, 0.5) is 12.9 Å². The highest BCUT2D eigenvalue weighted by molar-refractivity contribution is 6.64. The van der Waals surface area contributed by atoms with Crippen LogP contribution in [0.15, 0.2) is 24.2 Å². The predicted octanol–water partition coefficient (Wildman–Crippen LogP) is 3.02. The molecular weight excluding hydrogens is 204 g/mol. The Hall–Kier alpha value is -1.39. The van der Waals surface area contributed by atoms with E-state index in [1.165, 1.54) is 0 Å². The van der Waals surface area contributed by atoms with E-state index in [9.17, 15) is 12.9 Å². The Balaban J connectivity index is 2.30. The van der Waals surface area contributed by atoms with Crippen molar-refractivity contribution in [2.24, 2.45) is 0 Å². The SMILES string of the molecule is F[B-](F)(F)/C=C/c1cccc2c1OCC2. The average molecular weight is 213 g/mol. The molecule has 1 heterocycles. The van der Waals surface area contributed by atoms with E-state index in [4.69, 9.17) is 4.74 Å². The molecule has 5 heteroatoms. The fourth-order valence-corrected chi connectivity index (χ4v) is 1.58. The highest BCUT2D eigenvalue weighted by atomic mass is 19.4. The van der Waals surface area contributed by atoms with Crippen molar-refractivity contribution in [1.29, 1.82) is 0 Å². The molecule has 0 atom stereocenters. The van der Waals surface area contributed by atoms with E-state index in [1.807, 2.05) is 6.07 Å². The van der Waals surface area contributed by atoms with Crippen molar-refractivity contribution in [3.63, 3.8) is 0 Å². The fourth-order valence-electron chi connectivity index (χ4n) is 1.58. The van der Waals surface area contributed by atoms with E-state index in [-0.39, 0.29) is 5.98 Å². The van der Waals surface area contributed by atoms with Crippen LogP contribution in [0.5, 0.6) is 5.75 Å². The topological polar surface area (TPSA) is 9.23 Å². The number of benzene rings is 1. The molecule has 0 aromatic heterocycles. The molecule has 1 aliphatic rings. The lowest BCUT2D eigenvalue weighted by Crippen LogP contribution is -2.09. The Morgan fingerprint density at radius 3 is 2.80 bits per heavy atom. The van der Waals surface area contributed by atoms with Gasteiger partial charge in [0.25, 0.3) is 0 Å². The Labute approximate surface area is 85.6 Å². The number of hydrogen-bond donors (Lipinski definition) is 0. The Morgan fingerprint density at radius 1 is 1.27 bits per heavy atom. The fraction of sp³-hybridized carbons (Fsp3) is 0.200. The van der Waals surface area contributed by atoms with Crippen molar-refractivity contribution >= 4 is 13.1 Å². The summed E-state index contributed by atoms with van der Waals surface area (Å²) < 4.78 is 41.4. The van der Waals surface area contributed by atoms with Crippen molar-refractivity contribution in [1.82, 2.24) is 0 Å². The maximum absolute atomic E-state index is 12.0. The molecule has 15 heavy (non-hydrogen) atoms. The third-order valence-electron chi connectivity index (χ3n) is 2.24. The van der Waals surface area contributed by atoms with Gasteiger partial charge in [0.05, 0.1) is 6.61 Å². The van der Waals surface area contributed by atoms with Gasteiger partial charge in [-0.3, -0.25) is 0 Å². The first kappa shape index (κ1) is 10.1. The van der Waals surface area contributed by atoms with Crippen molar-refractivity contribution in [3.8, 4) is 5.75 Å². The Kier molecular flexibility index (Phi) is 2.46. The van der Waals surface area contributed by atoms with Crippen LogP contribution in [0.1, 0.15) is 11.1 Å². The first-order valence-corrected chi connectivity index (χ1v) is 4.70. The summed E-state index contributed by atoms with van der Waals surface area (Å²) in [5.74, 6) is 0.880. The van der Waals surface area contributed by atoms with E-state index >= 15 is 0 Å². The van der Waals surface area contributed by atoms with Crippen LogP contribution in [0.2, 0.25) is 0 Å². The number of fused-ring (bicyclic) bond motifs is 1. The summed E-state index contributed by atoms with van der Waals surface area (Å²) in [4.78, 5) is 0. The minimum absolute atomic E-state index is 0.289. The van der Waals surface area contributed by atoms with E-state index in [0.717, 1.165) is 18.1 Å². The highest BCUT2D eigenvalue weighted by Gasteiger charge is 2.19. The summed E-state index contributed by atoms with van der Waals surface area (Å²) in [6, 6.07) is 5.25. The minimum Gasteiger partial charge on any atom is -0.492 e. The summed E-state index contributed by atoms with van der Waals surface area (Å²) in [6.45, 7) is -4.32. The molecule has 0 spiro atoms. The van der Waals surface area contributed by atoms with Gasteiger partial charge in [-0.1, -0.05) is 24.3 Å². The van der Waals surface area contributed by atoms with E-state index in [1.54, 1.807) is 12.1 Å². The number of halogens is 3. The van der Waals surface area contributed by atoms with Crippen molar-refractivity contribution in [2.45, 2.75) is 6.42 Å². The smallest absolute Gasteiger partial charge is 0.492 e. The largest absolute Gasteiger partial charge is 0.502 e. The van der Waals surface area contributed by atoms with Crippen LogP contribution in [-0.2, 0) is 6.42 Å². The monoisotopic (exact) mass is 213 g/mol. The first-order chi connectivity index (χ1) is 7.06. The minimum atomic E-state index is -4.88. The molecule has 1 aromatic carbocycles. The lowest BCUT2D eigenvalue weighted by Gasteiger charge is -2.08. The molecular formula is C10H9BF3O-. The van der Waals surface area contributed by atoms with Crippen molar-refractivity contribution < 1.29 is 17.7 Å². The summed E-state index contributed by atoms with van der Waals surface area (Å²) in [5, 5.41) is 0. The molecule has 2 rings (SSSR count). The summed E-state index contributed by atoms with van der Waals surface area (Å²) in [7, 11) is 0. The van der Waals surface area contributed by atoms with Crippen LogP contribution in [-0.4, -0.2) is 13.6 Å². The van der Waals surface area contributed by atoms with Gasteiger partial charge in [0, 0.05) is 12.0 Å². The van der Waals surface area contributed by atoms with Crippen LogP contribution in [0.25, 0.3) is 6.08 Å². The molecule has 0 saturated carbocycles. The molecule has 0 saturated heterocycles. The summed E-state index contributed by atoms with van der Waals surface area (Å²) >= 11 is 0. The first-order valence-electron chi connectivity index (χ1n) is 4.70. The van der Waals surface area contributed by atoms with E-state index in [0.29, 0.717) is 17.9 Å². The zero-order valence-electron chi connectivity index (χ0n) is 7.92. The molecule has 0 unspecified atom stereocenters. The molecule has 0 N–H and O–H groups in total. The van der Waals surface area contributed by atoms with E-state index < -0.39 is 6.98 Å². The zero-order chi connectivity index (χ0) is 10.9. The van der Waals surface area contributed by atoms with Gasteiger partial charge < -0.3 is 17.7 Å². The van der Waals surface area contributed by atoms with Crippen LogP contribution in [0.3, 0.4) is 0 Å². The second-order valence-electron chi connectivity index (χ2n) is 3.42. The van der Waals surface area contributed by atoms with Gasteiger partial charge in [0.1, 0.15) is 5.75 Å². The predicted molar refractivity (Wildman–Crippen MR) is 53.8 cm³/mol.